The van der Waals surface area contributed by atoms with Crippen molar-refractivity contribution >= 4 is 50.7 Å². The second-order valence-corrected chi connectivity index (χ2v) is 15.2. The van der Waals surface area contributed by atoms with Crippen LogP contribution in [0.15, 0.2) is 132 Å². The summed E-state index contributed by atoms with van der Waals surface area (Å²) in [6.07, 6.45) is 0.827. The van der Waals surface area contributed by atoms with Crippen molar-refractivity contribution in [2.45, 2.75) is 57.1 Å². The predicted molar refractivity (Wildman–Crippen MR) is 208 cm³/mol. The minimum Gasteiger partial charge on any atom is -0.457 e. The lowest BCUT2D eigenvalue weighted by atomic mass is 10.0. The molecule has 0 aliphatic rings. The molecule has 0 fully saturated rings. The summed E-state index contributed by atoms with van der Waals surface area (Å²) in [4.78, 5) is 30.3. The van der Waals surface area contributed by atoms with Crippen molar-refractivity contribution < 1.29 is 22.7 Å². The SMILES string of the molecule is CC[C@H](C)NC(=O)[C@@H](Cc1ccccc1)N(Cc1c(Cl)cccc1Cl)C(=O)CN(c1ccc(Oc2ccccc2)cc1)S(=O)(=O)c1ccc(C)cc1. The maximum atomic E-state index is 14.8. The standard InChI is InChI=1S/C41H41Cl2N3O5S/c1-4-30(3)44-41(48)39(26-31-12-7-5-8-13-31)45(27-36-37(42)16-11-17-38(36)43)40(47)28-46(52(49,50)35-24-18-29(2)19-25-35)32-20-22-34(23-21-32)51-33-14-9-6-10-15-33/h5-25,30,39H,4,26-28H2,1-3H3,(H,44,48)/t30-,39+/m0/s1. The van der Waals surface area contributed by atoms with Gasteiger partial charge in [-0.3, -0.25) is 13.9 Å². The number of halogens is 2. The monoisotopic (exact) mass is 757 g/mol. The number of carbonyl (C=O) groups excluding carboxylic acids is 2. The Morgan fingerprint density at radius 2 is 1.35 bits per heavy atom. The molecular formula is C41H41Cl2N3O5S. The number of ether oxygens (including phenoxy) is 1. The lowest BCUT2D eigenvalue weighted by molar-refractivity contribution is -0.140. The van der Waals surface area contributed by atoms with Gasteiger partial charge >= 0.3 is 0 Å². The number of rotatable bonds is 15. The first kappa shape index (κ1) is 38.4. The zero-order chi connectivity index (χ0) is 37.3. The Bertz CT molecular complexity index is 2040. The number of carbonyl (C=O) groups is 2. The van der Waals surface area contributed by atoms with Crippen LogP contribution in [0.3, 0.4) is 0 Å². The molecule has 270 valence electrons. The lowest BCUT2D eigenvalue weighted by Crippen LogP contribution is -2.54. The van der Waals surface area contributed by atoms with E-state index < -0.39 is 28.5 Å². The van der Waals surface area contributed by atoms with Gasteiger partial charge in [-0.05, 0) is 86.5 Å². The van der Waals surface area contributed by atoms with Crippen LogP contribution < -0.4 is 14.4 Å². The molecule has 8 nitrogen and oxygen atoms in total. The number of anilines is 1. The average molecular weight is 759 g/mol. The van der Waals surface area contributed by atoms with E-state index in [1.165, 1.54) is 17.0 Å². The molecule has 5 aromatic rings. The van der Waals surface area contributed by atoms with E-state index in [1.807, 2.05) is 81.4 Å². The molecule has 0 aromatic heterocycles. The van der Waals surface area contributed by atoms with Crippen LogP contribution >= 0.6 is 23.2 Å². The van der Waals surface area contributed by atoms with Crippen molar-refractivity contribution in [2.75, 3.05) is 10.8 Å². The minimum atomic E-state index is -4.30. The Labute approximate surface area is 316 Å². The molecule has 0 spiro atoms. The van der Waals surface area contributed by atoms with Crippen LogP contribution in [-0.2, 0) is 32.6 Å². The summed E-state index contributed by atoms with van der Waals surface area (Å²) in [7, 11) is -4.30. The number of para-hydroxylation sites is 1. The van der Waals surface area contributed by atoms with Crippen LogP contribution in [-0.4, -0.2) is 43.8 Å². The van der Waals surface area contributed by atoms with Gasteiger partial charge in [0.2, 0.25) is 11.8 Å². The molecule has 5 aromatic carbocycles. The first-order valence-electron chi connectivity index (χ1n) is 16.9. The summed E-state index contributed by atoms with van der Waals surface area (Å²) in [5.41, 5.74) is 2.36. The lowest BCUT2D eigenvalue weighted by Gasteiger charge is -2.34. The quantitative estimate of drug-likeness (QED) is 0.115. The van der Waals surface area contributed by atoms with Crippen molar-refractivity contribution in [2.24, 2.45) is 0 Å². The van der Waals surface area contributed by atoms with Crippen LogP contribution in [0.25, 0.3) is 0 Å². The fourth-order valence-corrected chi connectivity index (χ4v) is 7.45. The normalized spacial score (nSPS) is 12.4. The Kier molecular flexibility index (Phi) is 13.0. The highest BCUT2D eigenvalue weighted by Crippen LogP contribution is 2.31. The zero-order valence-corrected chi connectivity index (χ0v) is 31.5. The summed E-state index contributed by atoms with van der Waals surface area (Å²) < 4.78 is 35.9. The van der Waals surface area contributed by atoms with E-state index in [0.29, 0.717) is 33.5 Å². The highest BCUT2D eigenvalue weighted by Gasteiger charge is 2.35. The Morgan fingerprint density at radius 1 is 0.769 bits per heavy atom. The largest absolute Gasteiger partial charge is 0.457 e. The fraction of sp³-hybridized carbons (Fsp3) is 0.220. The zero-order valence-electron chi connectivity index (χ0n) is 29.2. The highest BCUT2D eigenvalue weighted by molar-refractivity contribution is 7.92. The number of sulfonamides is 1. The Hall–Kier alpha value is -4.83. The van der Waals surface area contributed by atoms with E-state index in [-0.39, 0.29) is 35.5 Å². The smallest absolute Gasteiger partial charge is 0.264 e. The maximum absolute atomic E-state index is 14.8. The van der Waals surface area contributed by atoms with E-state index >= 15 is 0 Å². The third-order valence-corrected chi connectivity index (χ3v) is 11.2. The molecule has 2 amide bonds. The number of hydrogen-bond donors (Lipinski definition) is 1. The van der Waals surface area contributed by atoms with E-state index in [0.717, 1.165) is 15.4 Å². The Balaban J connectivity index is 1.59. The molecule has 0 unspecified atom stereocenters. The molecule has 0 saturated carbocycles. The summed E-state index contributed by atoms with van der Waals surface area (Å²) in [5.74, 6) is 0.0822. The third-order valence-electron chi connectivity index (χ3n) is 8.65. The first-order valence-corrected chi connectivity index (χ1v) is 19.1. The number of hydrogen-bond acceptors (Lipinski definition) is 5. The molecule has 5 rings (SSSR count). The molecule has 0 bridgehead atoms. The molecule has 1 N–H and O–H groups in total. The van der Waals surface area contributed by atoms with Gasteiger partial charge in [-0.15, -0.1) is 0 Å². The van der Waals surface area contributed by atoms with Crippen LogP contribution in [0.2, 0.25) is 10.0 Å². The number of amides is 2. The summed E-state index contributed by atoms with van der Waals surface area (Å²) in [6.45, 7) is 4.92. The number of nitrogens with one attached hydrogen (secondary N) is 1. The maximum Gasteiger partial charge on any atom is 0.264 e. The van der Waals surface area contributed by atoms with Gasteiger partial charge in [0.25, 0.3) is 10.0 Å². The molecule has 0 radical (unpaired) electrons. The van der Waals surface area contributed by atoms with Gasteiger partial charge in [-0.2, -0.15) is 0 Å². The van der Waals surface area contributed by atoms with Crippen molar-refractivity contribution in [3.63, 3.8) is 0 Å². The highest BCUT2D eigenvalue weighted by atomic mass is 35.5. The summed E-state index contributed by atoms with van der Waals surface area (Å²) in [5, 5.41) is 3.65. The van der Waals surface area contributed by atoms with Crippen molar-refractivity contribution in [3.8, 4) is 11.5 Å². The average Bonchev–Trinajstić information content (AvgIpc) is 3.14. The van der Waals surface area contributed by atoms with Crippen LogP contribution in [0.5, 0.6) is 11.5 Å². The van der Waals surface area contributed by atoms with Gasteiger partial charge in [-0.25, -0.2) is 8.42 Å². The molecule has 0 heterocycles. The van der Waals surface area contributed by atoms with Crippen molar-refractivity contribution in [3.05, 3.63) is 154 Å². The topological polar surface area (TPSA) is 96.0 Å². The molecular weight excluding hydrogens is 717 g/mol. The summed E-state index contributed by atoms with van der Waals surface area (Å²) in [6, 6.07) is 35.2. The molecule has 0 aliphatic carbocycles. The van der Waals surface area contributed by atoms with Crippen LogP contribution in [0.4, 0.5) is 5.69 Å². The second kappa shape index (κ2) is 17.6. The van der Waals surface area contributed by atoms with Gasteiger partial charge in [0.15, 0.2) is 0 Å². The van der Waals surface area contributed by atoms with Crippen molar-refractivity contribution in [1.82, 2.24) is 10.2 Å². The van der Waals surface area contributed by atoms with E-state index in [9.17, 15) is 18.0 Å². The van der Waals surface area contributed by atoms with Crippen molar-refractivity contribution in [1.29, 1.82) is 0 Å². The third kappa shape index (κ3) is 9.73. The Morgan fingerprint density at radius 3 is 1.94 bits per heavy atom. The summed E-state index contributed by atoms with van der Waals surface area (Å²) >= 11 is 13.3. The minimum absolute atomic E-state index is 0.00607. The fourth-order valence-electron chi connectivity index (χ4n) is 5.52. The van der Waals surface area contributed by atoms with E-state index in [4.69, 9.17) is 27.9 Å². The van der Waals surface area contributed by atoms with E-state index in [1.54, 1.807) is 54.6 Å². The van der Waals surface area contributed by atoms with Crippen LogP contribution in [0.1, 0.15) is 37.0 Å². The van der Waals surface area contributed by atoms with E-state index in [2.05, 4.69) is 5.32 Å². The van der Waals surface area contributed by atoms with Gasteiger partial charge in [0, 0.05) is 34.6 Å². The second-order valence-electron chi connectivity index (χ2n) is 12.5. The predicted octanol–water partition coefficient (Wildman–Crippen LogP) is 8.84. The van der Waals surface area contributed by atoms with Gasteiger partial charge in [0.1, 0.15) is 24.1 Å². The van der Waals surface area contributed by atoms with Gasteiger partial charge in [0.05, 0.1) is 10.6 Å². The van der Waals surface area contributed by atoms with Gasteiger partial charge in [-0.1, -0.05) is 102 Å². The first-order chi connectivity index (χ1) is 25.0. The molecule has 11 heteroatoms. The number of aryl methyl sites for hydroxylation is 1. The molecule has 52 heavy (non-hydrogen) atoms. The number of nitrogens with zero attached hydrogens (tertiary/aromatic N) is 2. The number of benzene rings is 5. The molecule has 2 atom stereocenters. The molecule has 0 saturated heterocycles. The van der Waals surface area contributed by atoms with Crippen LogP contribution in [0, 0.1) is 6.92 Å². The molecule has 0 aliphatic heterocycles. The van der Waals surface area contributed by atoms with Gasteiger partial charge < -0.3 is 15.0 Å².